The van der Waals surface area contributed by atoms with Gasteiger partial charge in [0.25, 0.3) is 0 Å². The van der Waals surface area contributed by atoms with Crippen LogP contribution < -0.4 is 0 Å². The Bertz CT molecular complexity index is 215. The van der Waals surface area contributed by atoms with Crippen LogP contribution in [0.1, 0.15) is 41.0 Å². The summed E-state index contributed by atoms with van der Waals surface area (Å²) in [5.74, 6) is 2.28. The van der Waals surface area contributed by atoms with Gasteiger partial charge in [-0.1, -0.05) is 69.4 Å². The van der Waals surface area contributed by atoms with Crippen LogP contribution in [0.25, 0.3) is 0 Å². The van der Waals surface area contributed by atoms with Crippen LogP contribution in [0.5, 0.6) is 0 Å². The normalized spacial score (nSPS) is 33.8. The third-order valence-electron chi connectivity index (χ3n) is 3.98. The summed E-state index contributed by atoms with van der Waals surface area (Å²) in [5, 5.41) is 0. The zero-order chi connectivity index (χ0) is 10.9. The SMILES string of the molecule is CC(C)C(C)(C)C1C=C[C@H](C)CC1I. The molecule has 0 nitrogen and oxygen atoms in total. The summed E-state index contributed by atoms with van der Waals surface area (Å²) in [7, 11) is 0. The van der Waals surface area contributed by atoms with Crippen molar-refractivity contribution in [3.05, 3.63) is 12.2 Å². The summed E-state index contributed by atoms with van der Waals surface area (Å²) in [6.07, 6.45) is 6.22. The van der Waals surface area contributed by atoms with Gasteiger partial charge in [0.15, 0.2) is 0 Å². The largest absolute Gasteiger partial charge is 0.0853 e. The quantitative estimate of drug-likeness (QED) is 0.394. The lowest BCUT2D eigenvalue weighted by Gasteiger charge is -2.41. The summed E-state index contributed by atoms with van der Waals surface area (Å²) >= 11 is 2.64. The van der Waals surface area contributed by atoms with Crippen LogP contribution in [0, 0.1) is 23.2 Å². The van der Waals surface area contributed by atoms with Crippen LogP contribution in [0.3, 0.4) is 0 Å². The number of rotatable bonds is 2. The number of alkyl halides is 1. The second-order valence-corrected chi connectivity index (χ2v) is 7.22. The van der Waals surface area contributed by atoms with Gasteiger partial charge in [-0.2, -0.15) is 0 Å². The maximum absolute atomic E-state index is 2.64. The zero-order valence-corrected chi connectivity index (χ0v) is 12.2. The Kier molecular flexibility index (Phi) is 4.07. The maximum atomic E-state index is 2.64. The Morgan fingerprint density at radius 1 is 1.29 bits per heavy atom. The van der Waals surface area contributed by atoms with Gasteiger partial charge in [0.2, 0.25) is 0 Å². The van der Waals surface area contributed by atoms with Crippen LogP contribution in [0.2, 0.25) is 0 Å². The van der Waals surface area contributed by atoms with E-state index in [1.54, 1.807) is 0 Å². The Hall–Kier alpha value is 0.470. The van der Waals surface area contributed by atoms with E-state index >= 15 is 0 Å². The van der Waals surface area contributed by atoms with Gasteiger partial charge in [-0.15, -0.1) is 0 Å². The van der Waals surface area contributed by atoms with E-state index in [9.17, 15) is 0 Å². The van der Waals surface area contributed by atoms with Gasteiger partial charge in [-0.05, 0) is 29.6 Å². The van der Waals surface area contributed by atoms with E-state index in [-0.39, 0.29) is 0 Å². The van der Waals surface area contributed by atoms with Crippen molar-refractivity contribution in [2.75, 3.05) is 0 Å². The van der Waals surface area contributed by atoms with Gasteiger partial charge >= 0.3 is 0 Å². The van der Waals surface area contributed by atoms with Crippen LogP contribution in [0.15, 0.2) is 12.2 Å². The highest BCUT2D eigenvalue weighted by molar-refractivity contribution is 14.1. The van der Waals surface area contributed by atoms with Crippen molar-refractivity contribution in [2.45, 2.75) is 45.0 Å². The van der Waals surface area contributed by atoms with Crippen LogP contribution in [-0.2, 0) is 0 Å². The first-order valence-electron chi connectivity index (χ1n) is 5.68. The van der Waals surface area contributed by atoms with Gasteiger partial charge in [0.1, 0.15) is 0 Å². The Morgan fingerprint density at radius 3 is 2.29 bits per heavy atom. The molecule has 1 heteroatoms. The molecule has 0 bridgehead atoms. The van der Waals surface area contributed by atoms with Gasteiger partial charge < -0.3 is 0 Å². The number of allylic oxidation sites excluding steroid dienone is 2. The van der Waals surface area contributed by atoms with Crippen molar-refractivity contribution in [3.8, 4) is 0 Å². The van der Waals surface area contributed by atoms with Gasteiger partial charge in [0.05, 0.1) is 0 Å². The Morgan fingerprint density at radius 2 is 1.86 bits per heavy atom. The summed E-state index contributed by atoms with van der Waals surface area (Å²) < 4.78 is 0.810. The molecule has 0 fully saturated rings. The molecule has 1 aliphatic rings. The Labute approximate surface area is 103 Å². The van der Waals surface area contributed by atoms with Crippen molar-refractivity contribution in [3.63, 3.8) is 0 Å². The molecular formula is C13H23I. The lowest BCUT2D eigenvalue weighted by molar-refractivity contribution is 0.163. The van der Waals surface area contributed by atoms with Crippen LogP contribution >= 0.6 is 22.6 Å². The number of halogens is 1. The van der Waals surface area contributed by atoms with Gasteiger partial charge in [-0.3, -0.25) is 0 Å². The monoisotopic (exact) mass is 306 g/mol. The molecule has 0 aromatic rings. The molecule has 0 N–H and O–H groups in total. The average Bonchev–Trinajstić information content (AvgIpc) is 2.02. The average molecular weight is 306 g/mol. The standard InChI is InChI=1S/C13H23I/c1-9(2)13(4,5)11-7-6-10(3)8-12(11)14/h6-7,9-12H,8H2,1-5H3/t10-,11?,12?/m0/s1. The summed E-state index contributed by atoms with van der Waals surface area (Å²) in [5.41, 5.74) is 0.433. The minimum Gasteiger partial charge on any atom is -0.0853 e. The van der Waals surface area contributed by atoms with Crippen molar-refractivity contribution < 1.29 is 0 Å². The zero-order valence-electron chi connectivity index (χ0n) is 10.0. The number of hydrogen-bond donors (Lipinski definition) is 0. The van der Waals surface area contributed by atoms with Gasteiger partial charge in [-0.25, -0.2) is 0 Å². The molecule has 0 amide bonds. The molecule has 0 spiro atoms. The van der Waals surface area contributed by atoms with Crippen molar-refractivity contribution in [1.29, 1.82) is 0 Å². The van der Waals surface area contributed by atoms with E-state index in [1.165, 1.54) is 6.42 Å². The van der Waals surface area contributed by atoms with Crippen LogP contribution in [-0.4, -0.2) is 3.92 Å². The minimum absolute atomic E-state index is 0.433. The van der Waals surface area contributed by atoms with E-state index in [0.717, 1.165) is 21.7 Å². The third-order valence-corrected chi connectivity index (χ3v) is 5.26. The highest BCUT2D eigenvalue weighted by atomic mass is 127. The molecule has 0 saturated heterocycles. The molecule has 2 unspecified atom stereocenters. The first kappa shape index (κ1) is 12.5. The first-order valence-corrected chi connectivity index (χ1v) is 6.92. The maximum Gasteiger partial charge on any atom is 0.0183 e. The molecule has 3 atom stereocenters. The van der Waals surface area contributed by atoms with E-state index < -0.39 is 0 Å². The van der Waals surface area contributed by atoms with E-state index in [0.29, 0.717) is 5.41 Å². The lowest BCUT2D eigenvalue weighted by atomic mass is 9.67. The molecular weight excluding hydrogens is 283 g/mol. The fraction of sp³-hybridized carbons (Fsp3) is 0.846. The predicted octanol–water partition coefficient (Wildman–Crippen LogP) is 4.68. The second kappa shape index (κ2) is 4.54. The second-order valence-electron chi connectivity index (χ2n) is 5.62. The minimum atomic E-state index is 0.433. The van der Waals surface area contributed by atoms with E-state index in [4.69, 9.17) is 0 Å². The molecule has 0 radical (unpaired) electrons. The smallest absolute Gasteiger partial charge is 0.0183 e. The fourth-order valence-electron chi connectivity index (χ4n) is 2.11. The Balaban J connectivity index is 2.82. The summed E-state index contributed by atoms with van der Waals surface area (Å²) in [6.45, 7) is 11.8. The molecule has 14 heavy (non-hydrogen) atoms. The van der Waals surface area contributed by atoms with Crippen LogP contribution in [0.4, 0.5) is 0 Å². The molecule has 82 valence electrons. The molecule has 0 aliphatic heterocycles. The molecule has 1 aliphatic carbocycles. The highest BCUT2D eigenvalue weighted by Crippen LogP contribution is 2.44. The van der Waals surface area contributed by atoms with Crippen molar-refractivity contribution >= 4 is 22.6 Å². The lowest BCUT2D eigenvalue weighted by Crippen LogP contribution is -2.36. The number of hydrogen-bond acceptors (Lipinski definition) is 0. The van der Waals surface area contributed by atoms with Gasteiger partial charge in [0, 0.05) is 3.92 Å². The fourth-order valence-corrected chi connectivity index (χ4v) is 4.08. The summed E-state index contributed by atoms with van der Waals surface area (Å²) in [4.78, 5) is 0. The summed E-state index contributed by atoms with van der Waals surface area (Å²) in [6, 6.07) is 0. The van der Waals surface area contributed by atoms with Crippen molar-refractivity contribution in [1.82, 2.24) is 0 Å². The third kappa shape index (κ3) is 2.53. The molecule has 1 rings (SSSR count). The topological polar surface area (TPSA) is 0 Å². The predicted molar refractivity (Wildman–Crippen MR) is 72.8 cm³/mol. The van der Waals surface area contributed by atoms with E-state index in [1.807, 2.05) is 0 Å². The molecule has 0 aromatic carbocycles. The van der Waals surface area contributed by atoms with Crippen molar-refractivity contribution in [2.24, 2.45) is 23.2 Å². The molecule has 0 heterocycles. The first-order chi connectivity index (χ1) is 6.35. The molecule has 0 saturated carbocycles. The molecule has 0 aromatic heterocycles. The van der Waals surface area contributed by atoms with E-state index in [2.05, 4.69) is 69.4 Å². The highest BCUT2D eigenvalue weighted by Gasteiger charge is 2.37.